The van der Waals surface area contributed by atoms with Crippen LogP contribution in [-0.2, 0) is 11.3 Å². The Labute approximate surface area is 141 Å². The summed E-state index contributed by atoms with van der Waals surface area (Å²) in [6.07, 6.45) is 3.68. The van der Waals surface area contributed by atoms with E-state index in [0.717, 1.165) is 25.1 Å². The molecule has 0 spiro atoms. The van der Waals surface area contributed by atoms with E-state index in [0.29, 0.717) is 18.9 Å². The van der Waals surface area contributed by atoms with E-state index in [1.807, 2.05) is 17.9 Å². The average Bonchev–Trinajstić information content (AvgIpc) is 2.98. The van der Waals surface area contributed by atoms with Crippen LogP contribution in [0.2, 0.25) is 0 Å². The highest BCUT2D eigenvalue weighted by Gasteiger charge is 2.24. The van der Waals surface area contributed by atoms with Gasteiger partial charge < -0.3 is 9.64 Å². The van der Waals surface area contributed by atoms with Crippen molar-refractivity contribution >= 4 is 5.91 Å². The summed E-state index contributed by atoms with van der Waals surface area (Å²) >= 11 is 0. The Kier molecular flexibility index (Phi) is 5.13. The van der Waals surface area contributed by atoms with Crippen LogP contribution >= 0.6 is 0 Å². The van der Waals surface area contributed by atoms with Crippen LogP contribution in [0.5, 0.6) is 5.75 Å². The highest BCUT2D eigenvalue weighted by Crippen LogP contribution is 2.20. The van der Waals surface area contributed by atoms with E-state index in [1.54, 1.807) is 23.0 Å². The van der Waals surface area contributed by atoms with Gasteiger partial charge in [0.25, 0.3) is 0 Å². The summed E-state index contributed by atoms with van der Waals surface area (Å²) in [6.45, 7) is 4.15. The number of amides is 1. The molecule has 1 atom stereocenters. The van der Waals surface area contributed by atoms with E-state index >= 15 is 0 Å². The van der Waals surface area contributed by atoms with Crippen LogP contribution in [0.15, 0.2) is 36.5 Å². The van der Waals surface area contributed by atoms with Crippen LogP contribution in [0, 0.1) is 18.7 Å². The molecule has 0 bridgehead atoms. The number of likely N-dealkylation sites (tertiary alicyclic amines) is 1. The minimum absolute atomic E-state index is 0.0808. The number of hydrogen-bond donors (Lipinski definition) is 0. The summed E-state index contributed by atoms with van der Waals surface area (Å²) in [4.78, 5) is 14.3. The van der Waals surface area contributed by atoms with E-state index in [2.05, 4.69) is 5.10 Å². The van der Waals surface area contributed by atoms with Crippen molar-refractivity contribution in [1.29, 1.82) is 0 Å². The minimum atomic E-state index is -0.303. The van der Waals surface area contributed by atoms with Crippen molar-refractivity contribution in [2.45, 2.75) is 26.3 Å². The van der Waals surface area contributed by atoms with Crippen LogP contribution in [0.3, 0.4) is 0 Å². The molecule has 1 saturated heterocycles. The normalized spacial score (nSPS) is 17.8. The topological polar surface area (TPSA) is 47.4 Å². The first kappa shape index (κ1) is 16.5. The lowest BCUT2D eigenvalue weighted by Crippen LogP contribution is -2.43. The van der Waals surface area contributed by atoms with Crippen molar-refractivity contribution in [1.82, 2.24) is 14.7 Å². The highest BCUT2D eigenvalue weighted by atomic mass is 19.1. The monoisotopic (exact) mass is 331 g/mol. The summed E-state index contributed by atoms with van der Waals surface area (Å²) in [5.41, 5.74) is 0.978. The molecular formula is C18H22FN3O2. The van der Waals surface area contributed by atoms with Crippen LogP contribution in [0.4, 0.5) is 4.39 Å². The molecule has 24 heavy (non-hydrogen) atoms. The maximum atomic E-state index is 13.2. The number of rotatable bonds is 5. The van der Waals surface area contributed by atoms with Crippen molar-refractivity contribution in [2.24, 2.45) is 5.92 Å². The van der Waals surface area contributed by atoms with Gasteiger partial charge in [0.05, 0.1) is 6.61 Å². The first-order chi connectivity index (χ1) is 11.6. The fourth-order valence-corrected chi connectivity index (χ4v) is 2.99. The lowest BCUT2D eigenvalue weighted by molar-refractivity contribution is -0.134. The molecule has 0 radical (unpaired) electrons. The number of carbonyl (C=O) groups is 1. The molecule has 1 fully saturated rings. The molecule has 1 aromatic carbocycles. The Balaban J connectivity index is 1.52. The Morgan fingerprint density at radius 2 is 2.29 bits per heavy atom. The predicted molar refractivity (Wildman–Crippen MR) is 88.2 cm³/mol. The number of carbonyl (C=O) groups excluding carboxylic acids is 1. The maximum Gasteiger partial charge on any atom is 0.244 e. The first-order valence-corrected chi connectivity index (χ1v) is 8.26. The molecule has 0 N–H and O–H groups in total. The second kappa shape index (κ2) is 7.47. The summed E-state index contributed by atoms with van der Waals surface area (Å²) in [5.74, 6) is 0.579. The van der Waals surface area contributed by atoms with Crippen LogP contribution < -0.4 is 4.74 Å². The van der Waals surface area contributed by atoms with Gasteiger partial charge in [0.1, 0.15) is 18.1 Å². The van der Waals surface area contributed by atoms with Crippen LogP contribution in [0.1, 0.15) is 18.5 Å². The molecule has 2 heterocycles. The van der Waals surface area contributed by atoms with Gasteiger partial charge in [-0.05, 0) is 38.0 Å². The second-order valence-electron chi connectivity index (χ2n) is 6.25. The average molecular weight is 331 g/mol. The van der Waals surface area contributed by atoms with E-state index in [9.17, 15) is 9.18 Å². The number of benzene rings is 1. The molecule has 0 unspecified atom stereocenters. The van der Waals surface area contributed by atoms with Crippen molar-refractivity contribution < 1.29 is 13.9 Å². The summed E-state index contributed by atoms with van der Waals surface area (Å²) in [7, 11) is 0. The zero-order valence-corrected chi connectivity index (χ0v) is 13.8. The molecule has 0 aliphatic carbocycles. The van der Waals surface area contributed by atoms with Gasteiger partial charge >= 0.3 is 0 Å². The molecule has 1 amide bonds. The zero-order valence-electron chi connectivity index (χ0n) is 13.8. The number of aromatic nitrogens is 2. The third kappa shape index (κ3) is 4.13. The van der Waals surface area contributed by atoms with Gasteiger partial charge in [0.2, 0.25) is 5.91 Å². The largest absolute Gasteiger partial charge is 0.493 e. The van der Waals surface area contributed by atoms with Crippen LogP contribution in [-0.4, -0.2) is 40.3 Å². The van der Waals surface area contributed by atoms with E-state index in [1.165, 1.54) is 12.1 Å². The summed E-state index contributed by atoms with van der Waals surface area (Å²) in [5, 5.41) is 4.16. The van der Waals surface area contributed by atoms with Gasteiger partial charge in [-0.25, -0.2) is 4.39 Å². The van der Waals surface area contributed by atoms with Gasteiger partial charge in [-0.15, -0.1) is 0 Å². The number of hydrogen-bond acceptors (Lipinski definition) is 3. The van der Waals surface area contributed by atoms with Gasteiger partial charge in [-0.1, -0.05) is 6.07 Å². The standard InChI is InChI=1S/C18H22FN3O2/c1-14-7-8-20-22(14)12-18(23)21-9-3-4-15(11-21)13-24-17-6-2-5-16(19)10-17/h2,5-8,10,15H,3-4,9,11-13H2,1H3/t15-/m0/s1. The third-order valence-corrected chi connectivity index (χ3v) is 4.37. The van der Waals surface area contributed by atoms with Gasteiger partial charge in [0, 0.05) is 37.0 Å². The maximum absolute atomic E-state index is 13.2. The Bertz CT molecular complexity index is 701. The van der Waals surface area contributed by atoms with Crippen LogP contribution in [0.25, 0.3) is 0 Å². The van der Waals surface area contributed by atoms with Gasteiger partial charge in [-0.2, -0.15) is 5.10 Å². The molecule has 1 aliphatic rings. The number of halogens is 1. The van der Waals surface area contributed by atoms with Crippen molar-refractivity contribution in [3.8, 4) is 5.75 Å². The van der Waals surface area contributed by atoms with Crippen molar-refractivity contribution in [3.05, 3.63) is 48.0 Å². The van der Waals surface area contributed by atoms with Gasteiger partial charge in [-0.3, -0.25) is 9.48 Å². The number of piperidine rings is 1. The molecule has 1 aromatic heterocycles. The fourth-order valence-electron chi connectivity index (χ4n) is 2.99. The van der Waals surface area contributed by atoms with E-state index < -0.39 is 0 Å². The molecule has 1 aliphatic heterocycles. The Hall–Kier alpha value is -2.37. The molecule has 5 nitrogen and oxygen atoms in total. The number of aryl methyl sites for hydroxylation is 1. The molecule has 2 aromatic rings. The van der Waals surface area contributed by atoms with Crippen molar-refractivity contribution in [2.75, 3.05) is 19.7 Å². The minimum Gasteiger partial charge on any atom is -0.493 e. The van der Waals surface area contributed by atoms with E-state index in [4.69, 9.17) is 4.74 Å². The quantitative estimate of drug-likeness (QED) is 0.846. The SMILES string of the molecule is Cc1ccnn1CC(=O)N1CCC[C@H](COc2cccc(F)c2)C1. The molecule has 6 heteroatoms. The van der Waals surface area contributed by atoms with E-state index in [-0.39, 0.29) is 24.2 Å². The number of ether oxygens (including phenoxy) is 1. The fraction of sp³-hybridized carbons (Fsp3) is 0.444. The molecule has 0 saturated carbocycles. The zero-order chi connectivity index (χ0) is 16.9. The third-order valence-electron chi connectivity index (χ3n) is 4.37. The molecule has 3 rings (SSSR count). The Morgan fingerprint density at radius 1 is 1.42 bits per heavy atom. The van der Waals surface area contributed by atoms with Gasteiger partial charge in [0.15, 0.2) is 0 Å². The Morgan fingerprint density at radius 3 is 3.04 bits per heavy atom. The lowest BCUT2D eigenvalue weighted by atomic mass is 9.99. The summed E-state index contributed by atoms with van der Waals surface area (Å²) < 4.78 is 20.6. The summed E-state index contributed by atoms with van der Waals surface area (Å²) in [6, 6.07) is 8.04. The first-order valence-electron chi connectivity index (χ1n) is 8.26. The predicted octanol–water partition coefficient (Wildman–Crippen LogP) is 2.65. The smallest absolute Gasteiger partial charge is 0.244 e. The van der Waals surface area contributed by atoms with Crippen molar-refractivity contribution in [3.63, 3.8) is 0 Å². The molecule has 128 valence electrons. The second-order valence-corrected chi connectivity index (χ2v) is 6.25. The highest BCUT2D eigenvalue weighted by molar-refractivity contribution is 5.76. The number of nitrogens with zero attached hydrogens (tertiary/aromatic N) is 3. The lowest BCUT2D eigenvalue weighted by Gasteiger charge is -2.32. The molecular weight excluding hydrogens is 309 g/mol.